The van der Waals surface area contributed by atoms with Crippen molar-refractivity contribution < 1.29 is 22.7 Å². The van der Waals surface area contributed by atoms with Crippen LogP contribution in [0.3, 0.4) is 0 Å². The molecule has 1 nitrogen and oxygen atoms in total. The molecule has 59 heavy (non-hydrogen) atoms. The molecule has 0 radical (unpaired) electrons. The van der Waals surface area contributed by atoms with Gasteiger partial charge in [-0.25, -0.2) is 0 Å². The largest absolute Gasteiger partial charge is 0.165 e. The molecule has 0 aliphatic heterocycles. The minimum absolute atomic E-state index is 0.0261. The van der Waals surface area contributed by atoms with E-state index in [0.717, 1.165) is 5.75 Å². The van der Waals surface area contributed by atoms with E-state index in [1.54, 1.807) is 18.2 Å². The molecular weight excluding hydrogens is 855 g/mol. The van der Waals surface area contributed by atoms with Crippen molar-refractivity contribution in [3.05, 3.63) is 146 Å². The van der Waals surface area contributed by atoms with Crippen LogP contribution in [0.2, 0.25) is 13.1 Å². The predicted octanol–water partition coefficient (Wildman–Crippen LogP) is 16.5. The van der Waals surface area contributed by atoms with Crippen LogP contribution in [0.1, 0.15) is 88.4 Å². The van der Waals surface area contributed by atoms with Gasteiger partial charge in [0.15, 0.2) is 0 Å². The van der Waals surface area contributed by atoms with Crippen LogP contribution in [0.4, 0.5) is 0 Å². The standard InChI is InChI=1S/C29H29.C23H27O.C2H6Si.2ClH.Zr/c1-17-9-18(2)12-22(11-17)28-24-7-6-8-25(24)29(27-16-21(5)15-26(27)28)23-13-19(3)10-20(4)14-23;1-14-8-15(2)11-18(10-14)21-19-12-16(3)9-17(19)13-20(22(21)24-7)23(4,5)6;1-3-2;;;/h9-16H,6-8H2,1-5H3;8-13H,1-7H3;1-2H3;2*1H;/q2*-1;;;;+2/p-2. The summed E-state index contributed by atoms with van der Waals surface area (Å²) in [7, 11) is 13.0. The van der Waals surface area contributed by atoms with Crippen LogP contribution in [-0.2, 0) is 36.2 Å². The van der Waals surface area contributed by atoms with Crippen molar-refractivity contribution in [2.24, 2.45) is 0 Å². The molecule has 0 unspecified atom stereocenters. The molecule has 0 N–H and O–H groups in total. The number of benzene rings is 5. The molecule has 0 aromatic heterocycles. The second kappa shape index (κ2) is 18.4. The molecule has 0 amide bonds. The first-order valence-electron chi connectivity index (χ1n) is 21.0. The summed E-state index contributed by atoms with van der Waals surface area (Å²) in [5.41, 5.74) is 23.1. The first kappa shape index (κ1) is 45.3. The maximum absolute atomic E-state index is 5.95. The van der Waals surface area contributed by atoms with Gasteiger partial charge in [0, 0.05) is 0 Å². The minimum Gasteiger partial charge on any atom is -0.165 e. The summed E-state index contributed by atoms with van der Waals surface area (Å²) in [5.74, 6) is 1.01. The van der Waals surface area contributed by atoms with Gasteiger partial charge in [-0.05, 0) is 88.5 Å². The SMILES string of the molecule is COc1c(C(C)(C)C)cc2[cH-]c(C)cc2c1-c1cc(C)cc(C)c1.C[Si](C)=[Zr]([Cl])[Cl].Cc1cc(C)cc(-c2c3c(c(-c4cc(C)cc(C)c4)c4[cH-]c(C)cc24)CCC3)c1. The third kappa shape index (κ3) is 10.1. The van der Waals surface area contributed by atoms with Crippen LogP contribution in [0.25, 0.3) is 54.9 Å². The van der Waals surface area contributed by atoms with Gasteiger partial charge in [-0.1, -0.05) is 150 Å². The average Bonchev–Trinajstić information content (AvgIpc) is 3.85. The molecule has 1 aliphatic carbocycles. The molecule has 7 aromatic rings. The van der Waals surface area contributed by atoms with E-state index in [0.29, 0.717) is 0 Å². The van der Waals surface area contributed by atoms with Crippen molar-refractivity contribution in [3.63, 3.8) is 0 Å². The van der Waals surface area contributed by atoms with Gasteiger partial charge < -0.3 is 4.74 Å². The number of aryl methyl sites for hydroxylation is 8. The second-order valence-electron chi connectivity index (χ2n) is 18.4. The van der Waals surface area contributed by atoms with Crippen LogP contribution in [0.15, 0.2) is 84.9 Å². The molecule has 8 rings (SSSR count). The zero-order valence-electron chi connectivity index (χ0n) is 37.9. The zero-order chi connectivity index (χ0) is 43.1. The van der Waals surface area contributed by atoms with Crippen molar-refractivity contribution >= 4 is 44.0 Å². The summed E-state index contributed by atoms with van der Waals surface area (Å²) < 4.78 is 5.95. The molecule has 0 atom stereocenters. The van der Waals surface area contributed by atoms with Crippen LogP contribution in [0.5, 0.6) is 5.75 Å². The van der Waals surface area contributed by atoms with Crippen molar-refractivity contribution in [3.8, 4) is 39.1 Å². The fraction of sp³-hybridized carbons (Fsp3) is 0.333. The molecule has 7 aromatic carbocycles. The van der Waals surface area contributed by atoms with Gasteiger partial charge in [-0.3, -0.25) is 0 Å². The summed E-state index contributed by atoms with van der Waals surface area (Å²) in [5, 5.41) is 5.44. The van der Waals surface area contributed by atoms with E-state index >= 15 is 0 Å². The Balaban J connectivity index is 0.000000177. The van der Waals surface area contributed by atoms with Crippen LogP contribution < -0.4 is 4.74 Å². The van der Waals surface area contributed by atoms with E-state index in [4.69, 9.17) is 21.8 Å². The fourth-order valence-electron chi connectivity index (χ4n) is 9.25. The quantitative estimate of drug-likeness (QED) is 0.126. The first-order valence-corrected chi connectivity index (χ1v) is 33.5. The van der Waals surface area contributed by atoms with Crippen molar-refractivity contribution in [1.29, 1.82) is 0 Å². The Morgan fingerprint density at radius 1 is 0.559 bits per heavy atom. The molecule has 5 heteroatoms. The molecule has 0 bridgehead atoms. The van der Waals surface area contributed by atoms with Gasteiger partial charge in [-0.15, -0.1) is 50.9 Å². The number of hydrogen-bond donors (Lipinski definition) is 0. The monoisotopic (exact) mass is 914 g/mol. The third-order valence-corrected chi connectivity index (χ3v) is 31.2. The topological polar surface area (TPSA) is 9.23 Å². The Morgan fingerprint density at radius 3 is 1.41 bits per heavy atom. The Bertz CT molecular complexity index is 2560. The Morgan fingerprint density at radius 2 is 0.966 bits per heavy atom. The molecule has 308 valence electrons. The van der Waals surface area contributed by atoms with Gasteiger partial charge in [0.25, 0.3) is 0 Å². The van der Waals surface area contributed by atoms with Gasteiger partial charge in [0.05, 0.1) is 7.11 Å². The summed E-state index contributed by atoms with van der Waals surface area (Å²) in [4.78, 5) is 0. The van der Waals surface area contributed by atoms with Crippen molar-refractivity contribution in [2.45, 2.75) is 114 Å². The Labute approximate surface area is 370 Å². The van der Waals surface area contributed by atoms with Gasteiger partial charge >= 0.3 is 53.5 Å². The van der Waals surface area contributed by atoms with Crippen LogP contribution >= 0.6 is 17.0 Å². The molecule has 0 heterocycles. The van der Waals surface area contributed by atoms with Crippen molar-refractivity contribution in [2.75, 3.05) is 7.11 Å². The first-order chi connectivity index (χ1) is 27.7. The number of fused-ring (bicyclic) bond motifs is 3. The number of methoxy groups -OCH3 is 1. The molecule has 0 fully saturated rings. The normalized spacial score (nSPS) is 12.2. The fourth-order valence-corrected chi connectivity index (χ4v) is 9.25. The van der Waals surface area contributed by atoms with Crippen LogP contribution in [-0.4, -0.2) is 12.5 Å². The average molecular weight is 917 g/mol. The maximum atomic E-state index is 5.95. The van der Waals surface area contributed by atoms with Crippen molar-refractivity contribution in [1.82, 2.24) is 0 Å². The van der Waals surface area contributed by atoms with Crippen LogP contribution in [0, 0.1) is 55.4 Å². The molecule has 1 aliphatic rings. The summed E-state index contributed by atoms with van der Waals surface area (Å²) in [6.45, 7) is 28.7. The summed E-state index contributed by atoms with van der Waals surface area (Å²) >= 11 is -1.65. The molecule has 0 spiro atoms. The number of rotatable bonds is 4. The van der Waals surface area contributed by atoms with Gasteiger partial charge in [0.2, 0.25) is 0 Å². The maximum Gasteiger partial charge on any atom is -0.0271 e. The molecular formula is C54H62Cl2OSiZr-2. The minimum atomic E-state index is -1.65. The van der Waals surface area contributed by atoms with E-state index in [2.05, 4.69) is 174 Å². The van der Waals surface area contributed by atoms with E-state index < -0.39 is 18.0 Å². The molecule has 0 saturated heterocycles. The predicted molar refractivity (Wildman–Crippen MR) is 260 cm³/mol. The number of hydrogen-bond acceptors (Lipinski definition) is 1. The number of halogens is 2. The smallest absolute Gasteiger partial charge is 0.0271 e. The van der Waals surface area contributed by atoms with Gasteiger partial charge in [0.1, 0.15) is 5.75 Å². The summed E-state index contributed by atoms with van der Waals surface area (Å²) in [6.07, 6.45) is 3.64. The zero-order valence-corrected chi connectivity index (χ0v) is 42.8. The Kier molecular flexibility index (Phi) is 14.2. The van der Waals surface area contributed by atoms with Gasteiger partial charge in [-0.2, -0.15) is 12.1 Å². The number of ether oxygens (including phenoxy) is 1. The summed E-state index contributed by atoms with van der Waals surface area (Å²) in [6, 6.07) is 32.5. The second-order valence-corrected chi connectivity index (χ2v) is 41.4. The Hall–Kier alpha value is -3.20. The van der Waals surface area contributed by atoms with E-state index in [1.807, 2.05) is 0 Å². The van der Waals surface area contributed by atoms with E-state index in [9.17, 15) is 0 Å². The van der Waals surface area contributed by atoms with E-state index in [-0.39, 0.29) is 10.8 Å². The third-order valence-electron chi connectivity index (χ3n) is 11.4. The molecule has 0 saturated carbocycles. The van der Waals surface area contributed by atoms with E-state index in [1.165, 1.54) is 124 Å².